The summed E-state index contributed by atoms with van der Waals surface area (Å²) in [5.74, 6) is -0.776. The topological polar surface area (TPSA) is 49.3 Å². The molecule has 0 aliphatic heterocycles. The van der Waals surface area contributed by atoms with Crippen LogP contribution >= 0.6 is 34.2 Å². The van der Waals surface area contributed by atoms with Crippen molar-refractivity contribution in [1.82, 2.24) is 0 Å². The maximum atomic E-state index is 10.4. The van der Waals surface area contributed by atoms with Gasteiger partial charge in [-0.05, 0) is 54.1 Å². The Morgan fingerprint density at radius 1 is 1.62 bits per heavy atom. The summed E-state index contributed by atoms with van der Waals surface area (Å²) in [6, 6.07) is 5.82. The van der Waals surface area contributed by atoms with Crippen molar-refractivity contribution in [3.05, 3.63) is 26.8 Å². The van der Waals surface area contributed by atoms with E-state index in [1.807, 2.05) is 25.1 Å². The Balaban J connectivity index is 2.55. The number of aliphatic carboxylic acids is 1. The number of anilines is 1. The van der Waals surface area contributed by atoms with Gasteiger partial charge in [-0.1, -0.05) is 11.6 Å². The molecule has 1 rings (SSSR count). The van der Waals surface area contributed by atoms with E-state index in [1.165, 1.54) is 0 Å². The van der Waals surface area contributed by atoms with Crippen LogP contribution in [0.1, 0.15) is 19.8 Å². The summed E-state index contributed by atoms with van der Waals surface area (Å²) in [7, 11) is 0. The second kappa shape index (κ2) is 6.30. The smallest absolute Gasteiger partial charge is 0.303 e. The minimum absolute atomic E-state index is 0.0914. The lowest BCUT2D eigenvalue weighted by atomic mass is 10.1. The van der Waals surface area contributed by atoms with Gasteiger partial charge in [0.25, 0.3) is 0 Å². The van der Waals surface area contributed by atoms with E-state index < -0.39 is 5.97 Å². The molecule has 0 aliphatic carbocycles. The van der Waals surface area contributed by atoms with Crippen molar-refractivity contribution < 1.29 is 9.90 Å². The van der Waals surface area contributed by atoms with E-state index in [4.69, 9.17) is 16.7 Å². The Labute approximate surface area is 113 Å². The number of carbonyl (C=O) groups is 1. The van der Waals surface area contributed by atoms with Crippen LogP contribution in [0.3, 0.4) is 0 Å². The first-order valence-corrected chi connectivity index (χ1v) is 6.38. The first kappa shape index (κ1) is 13.6. The molecule has 1 aromatic rings. The number of halogens is 2. The van der Waals surface area contributed by atoms with Gasteiger partial charge in [0.2, 0.25) is 0 Å². The lowest BCUT2D eigenvalue weighted by molar-refractivity contribution is -0.137. The van der Waals surface area contributed by atoms with Gasteiger partial charge in [0.15, 0.2) is 0 Å². The van der Waals surface area contributed by atoms with Crippen LogP contribution in [0.4, 0.5) is 5.69 Å². The maximum Gasteiger partial charge on any atom is 0.303 e. The molecule has 0 spiro atoms. The number of rotatable bonds is 5. The van der Waals surface area contributed by atoms with Gasteiger partial charge in [-0.3, -0.25) is 4.79 Å². The van der Waals surface area contributed by atoms with E-state index in [0.717, 1.165) is 9.26 Å². The zero-order valence-electron chi connectivity index (χ0n) is 8.84. The molecular weight excluding hydrogens is 340 g/mol. The molecule has 3 nitrogen and oxygen atoms in total. The van der Waals surface area contributed by atoms with Crippen molar-refractivity contribution in [2.45, 2.75) is 25.8 Å². The van der Waals surface area contributed by atoms with E-state index in [1.54, 1.807) is 0 Å². The Morgan fingerprint density at radius 2 is 2.31 bits per heavy atom. The number of nitrogens with one attached hydrogen (secondary N) is 1. The van der Waals surface area contributed by atoms with Crippen LogP contribution in [0.5, 0.6) is 0 Å². The number of carboxylic acids is 1. The number of hydrogen-bond acceptors (Lipinski definition) is 2. The second-order valence-electron chi connectivity index (χ2n) is 3.60. The summed E-state index contributed by atoms with van der Waals surface area (Å²) in [6.07, 6.45) is 0.744. The molecule has 0 heterocycles. The minimum atomic E-state index is -0.776. The van der Waals surface area contributed by atoms with Gasteiger partial charge < -0.3 is 10.4 Å². The molecule has 0 aromatic heterocycles. The Hall–Kier alpha value is -0.490. The fraction of sp³-hybridized carbons (Fsp3) is 0.364. The highest BCUT2D eigenvalue weighted by Gasteiger charge is 2.07. The van der Waals surface area contributed by atoms with Gasteiger partial charge in [-0.25, -0.2) is 0 Å². The SMILES string of the molecule is CC(CCC(=O)O)Nc1ccc(I)cc1Cl. The van der Waals surface area contributed by atoms with Gasteiger partial charge in [0, 0.05) is 16.0 Å². The number of carboxylic acid groups (broad SMARTS) is 1. The third kappa shape index (κ3) is 4.57. The monoisotopic (exact) mass is 353 g/mol. The van der Waals surface area contributed by atoms with E-state index in [0.29, 0.717) is 11.4 Å². The molecule has 88 valence electrons. The second-order valence-corrected chi connectivity index (χ2v) is 5.25. The van der Waals surface area contributed by atoms with Crippen molar-refractivity contribution in [2.75, 3.05) is 5.32 Å². The predicted molar refractivity (Wildman–Crippen MR) is 74.1 cm³/mol. The molecule has 1 unspecified atom stereocenters. The van der Waals surface area contributed by atoms with Crippen molar-refractivity contribution in [1.29, 1.82) is 0 Å². The molecule has 5 heteroatoms. The highest BCUT2D eigenvalue weighted by Crippen LogP contribution is 2.24. The van der Waals surface area contributed by atoms with Gasteiger partial charge in [-0.2, -0.15) is 0 Å². The Bertz CT molecular complexity index is 384. The van der Waals surface area contributed by atoms with E-state index >= 15 is 0 Å². The maximum absolute atomic E-state index is 10.4. The molecule has 16 heavy (non-hydrogen) atoms. The summed E-state index contributed by atoms with van der Waals surface area (Å²) in [5, 5.41) is 12.4. The third-order valence-electron chi connectivity index (χ3n) is 2.12. The summed E-state index contributed by atoms with van der Waals surface area (Å²) < 4.78 is 1.08. The average Bonchev–Trinajstić information content (AvgIpc) is 2.19. The Kier molecular flexibility index (Phi) is 5.34. The molecule has 0 saturated carbocycles. The van der Waals surface area contributed by atoms with E-state index in [2.05, 4.69) is 27.9 Å². The lowest BCUT2D eigenvalue weighted by Gasteiger charge is -2.15. The molecule has 0 aliphatic rings. The number of benzene rings is 1. The molecule has 0 radical (unpaired) electrons. The van der Waals surface area contributed by atoms with Crippen molar-refractivity contribution >= 4 is 45.8 Å². The summed E-state index contributed by atoms with van der Waals surface area (Å²) in [5.41, 5.74) is 0.847. The molecular formula is C11H13ClINO2. The van der Waals surface area contributed by atoms with Crippen LogP contribution in [-0.2, 0) is 4.79 Å². The largest absolute Gasteiger partial charge is 0.481 e. The van der Waals surface area contributed by atoms with Crippen LogP contribution in [0.15, 0.2) is 18.2 Å². The standard InChI is InChI=1S/C11H13ClINO2/c1-7(2-5-11(15)16)14-10-4-3-8(13)6-9(10)12/h3-4,6-7,14H,2,5H2,1H3,(H,15,16). The van der Waals surface area contributed by atoms with Crippen molar-refractivity contribution in [3.8, 4) is 0 Å². The fourth-order valence-electron chi connectivity index (χ4n) is 1.28. The number of hydrogen-bond donors (Lipinski definition) is 2. The van der Waals surface area contributed by atoms with Crippen LogP contribution < -0.4 is 5.32 Å². The van der Waals surface area contributed by atoms with E-state index in [-0.39, 0.29) is 12.5 Å². The first-order chi connectivity index (χ1) is 7.49. The molecule has 1 aromatic carbocycles. The summed E-state index contributed by atoms with van der Waals surface area (Å²) >= 11 is 8.24. The molecule has 0 bridgehead atoms. The molecule has 0 fully saturated rings. The van der Waals surface area contributed by atoms with Gasteiger partial charge >= 0.3 is 5.97 Å². The minimum Gasteiger partial charge on any atom is -0.481 e. The van der Waals surface area contributed by atoms with E-state index in [9.17, 15) is 4.79 Å². The highest BCUT2D eigenvalue weighted by atomic mass is 127. The van der Waals surface area contributed by atoms with Gasteiger partial charge in [0.05, 0.1) is 10.7 Å². The third-order valence-corrected chi connectivity index (χ3v) is 3.11. The van der Waals surface area contributed by atoms with Gasteiger partial charge in [0.1, 0.15) is 0 Å². The van der Waals surface area contributed by atoms with Crippen LogP contribution in [0.2, 0.25) is 5.02 Å². The quantitative estimate of drug-likeness (QED) is 0.795. The van der Waals surface area contributed by atoms with Crippen LogP contribution in [0.25, 0.3) is 0 Å². The predicted octanol–water partition coefficient (Wildman–Crippen LogP) is 3.61. The normalized spacial score (nSPS) is 12.2. The first-order valence-electron chi connectivity index (χ1n) is 4.92. The zero-order valence-corrected chi connectivity index (χ0v) is 11.7. The van der Waals surface area contributed by atoms with Crippen molar-refractivity contribution in [3.63, 3.8) is 0 Å². The summed E-state index contributed by atoms with van der Waals surface area (Å²) in [6.45, 7) is 1.94. The van der Waals surface area contributed by atoms with Gasteiger partial charge in [-0.15, -0.1) is 0 Å². The molecule has 0 saturated heterocycles. The zero-order chi connectivity index (χ0) is 12.1. The molecule has 2 N–H and O–H groups in total. The average molecular weight is 354 g/mol. The van der Waals surface area contributed by atoms with Crippen molar-refractivity contribution in [2.24, 2.45) is 0 Å². The Morgan fingerprint density at radius 3 is 2.88 bits per heavy atom. The molecule has 1 atom stereocenters. The molecule has 0 amide bonds. The lowest BCUT2D eigenvalue weighted by Crippen LogP contribution is -2.16. The fourth-order valence-corrected chi connectivity index (χ4v) is 2.19. The van der Waals surface area contributed by atoms with Crippen LogP contribution in [0, 0.1) is 3.57 Å². The highest BCUT2D eigenvalue weighted by molar-refractivity contribution is 14.1. The van der Waals surface area contributed by atoms with Crippen LogP contribution in [-0.4, -0.2) is 17.1 Å². The summed E-state index contributed by atoms with van der Waals surface area (Å²) in [4.78, 5) is 10.4.